The molecule has 0 bridgehead atoms. The molecule has 0 aliphatic rings. The molecule has 17 heavy (non-hydrogen) atoms. The Morgan fingerprint density at radius 2 is 2.06 bits per heavy atom. The highest BCUT2D eigenvalue weighted by molar-refractivity contribution is 5.88. The number of carbonyl (C=O) groups is 2. The van der Waals surface area contributed by atoms with E-state index in [9.17, 15) is 14.7 Å². The molecule has 0 unspecified atom stereocenters. The number of benzene rings is 1. The van der Waals surface area contributed by atoms with Crippen LogP contribution in [0.3, 0.4) is 0 Å². The second-order valence-corrected chi connectivity index (χ2v) is 3.14. The zero-order valence-corrected chi connectivity index (χ0v) is 9.47. The minimum absolute atomic E-state index is 0.141. The summed E-state index contributed by atoms with van der Waals surface area (Å²) in [6, 6.07) is 2.84. The third kappa shape index (κ3) is 3.07. The van der Waals surface area contributed by atoms with Crippen molar-refractivity contribution in [3.63, 3.8) is 0 Å². The van der Waals surface area contributed by atoms with E-state index in [1.54, 1.807) is 0 Å². The van der Waals surface area contributed by atoms with Gasteiger partial charge in [0.05, 0.1) is 14.2 Å². The van der Waals surface area contributed by atoms with Gasteiger partial charge in [-0.15, -0.1) is 0 Å². The molecular weight excluding hydrogens is 224 g/mol. The van der Waals surface area contributed by atoms with Gasteiger partial charge in [0.2, 0.25) is 0 Å². The van der Waals surface area contributed by atoms with E-state index in [0.717, 1.165) is 6.08 Å². The minimum atomic E-state index is -0.556. The smallest absolute Gasteiger partial charge is 0.330 e. The highest BCUT2D eigenvalue weighted by Crippen LogP contribution is 2.31. The lowest BCUT2D eigenvalue weighted by molar-refractivity contribution is -0.134. The van der Waals surface area contributed by atoms with Crippen molar-refractivity contribution in [3.05, 3.63) is 29.3 Å². The molecule has 0 saturated heterocycles. The van der Waals surface area contributed by atoms with Crippen molar-refractivity contribution in [2.45, 2.75) is 0 Å². The number of phenolic OH excluding ortho intramolecular Hbond substituents is 1. The second-order valence-electron chi connectivity index (χ2n) is 3.14. The molecule has 0 spiro atoms. The monoisotopic (exact) mass is 236 g/mol. The first-order chi connectivity index (χ1) is 8.12. The Balaban J connectivity index is 3.18. The van der Waals surface area contributed by atoms with Crippen LogP contribution < -0.4 is 4.74 Å². The molecule has 5 heteroatoms. The number of ether oxygens (including phenoxy) is 2. The number of hydrogen-bond acceptors (Lipinski definition) is 5. The van der Waals surface area contributed by atoms with Gasteiger partial charge in [0.25, 0.3) is 0 Å². The van der Waals surface area contributed by atoms with Gasteiger partial charge in [-0.1, -0.05) is 0 Å². The number of carbonyl (C=O) groups excluding carboxylic acids is 2. The molecule has 1 N–H and O–H groups in total. The van der Waals surface area contributed by atoms with Crippen molar-refractivity contribution in [2.75, 3.05) is 14.2 Å². The highest BCUT2D eigenvalue weighted by atomic mass is 16.5. The molecule has 1 rings (SSSR count). The van der Waals surface area contributed by atoms with E-state index in [1.165, 1.54) is 32.4 Å². The van der Waals surface area contributed by atoms with Crippen molar-refractivity contribution < 1.29 is 24.2 Å². The fourth-order valence-corrected chi connectivity index (χ4v) is 1.23. The molecule has 90 valence electrons. The quantitative estimate of drug-likeness (QED) is 0.486. The fraction of sp³-hybridized carbons (Fsp3) is 0.167. The largest absolute Gasteiger partial charge is 0.504 e. The van der Waals surface area contributed by atoms with Gasteiger partial charge in [0.15, 0.2) is 11.5 Å². The first-order valence-corrected chi connectivity index (χ1v) is 4.74. The molecule has 0 fully saturated rings. The lowest BCUT2D eigenvalue weighted by Crippen LogP contribution is -1.94. The van der Waals surface area contributed by atoms with Crippen LogP contribution in [0.15, 0.2) is 18.2 Å². The Morgan fingerprint density at radius 3 is 2.59 bits per heavy atom. The molecule has 0 radical (unpaired) electrons. The molecule has 0 aromatic heterocycles. The number of hydrogen-bond donors (Lipinski definition) is 1. The van der Waals surface area contributed by atoms with Crippen LogP contribution in [0.5, 0.6) is 11.5 Å². The van der Waals surface area contributed by atoms with Gasteiger partial charge in [-0.3, -0.25) is 4.79 Å². The zero-order chi connectivity index (χ0) is 12.8. The number of rotatable bonds is 4. The zero-order valence-electron chi connectivity index (χ0n) is 9.47. The molecule has 0 aliphatic heterocycles. The predicted molar refractivity (Wildman–Crippen MR) is 61.1 cm³/mol. The first-order valence-electron chi connectivity index (χ1n) is 4.74. The molecule has 0 atom stereocenters. The maximum Gasteiger partial charge on any atom is 0.330 e. The van der Waals surface area contributed by atoms with Crippen LogP contribution in [0.2, 0.25) is 0 Å². The Kier molecular flexibility index (Phi) is 4.28. The summed E-state index contributed by atoms with van der Waals surface area (Å²) >= 11 is 0. The van der Waals surface area contributed by atoms with Crippen LogP contribution in [0, 0.1) is 0 Å². The van der Waals surface area contributed by atoms with Crippen molar-refractivity contribution in [3.8, 4) is 11.5 Å². The van der Waals surface area contributed by atoms with Crippen molar-refractivity contribution in [1.82, 2.24) is 0 Å². The van der Waals surface area contributed by atoms with E-state index >= 15 is 0 Å². The molecule has 1 aromatic carbocycles. The predicted octanol–water partition coefficient (Wildman–Crippen LogP) is 1.40. The van der Waals surface area contributed by atoms with Crippen molar-refractivity contribution >= 4 is 18.3 Å². The van der Waals surface area contributed by atoms with E-state index < -0.39 is 5.97 Å². The molecular formula is C12H12O5. The third-order valence-electron chi connectivity index (χ3n) is 2.08. The average molecular weight is 236 g/mol. The third-order valence-corrected chi connectivity index (χ3v) is 2.08. The number of aldehydes is 1. The van der Waals surface area contributed by atoms with Gasteiger partial charge in [0.1, 0.15) is 6.29 Å². The summed E-state index contributed by atoms with van der Waals surface area (Å²) in [6.45, 7) is 0. The SMILES string of the molecule is COC(=O)C=Cc1cc(C=O)cc(OC)c1O. The van der Waals surface area contributed by atoms with E-state index in [0.29, 0.717) is 17.4 Å². The summed E-state index contributed by atoms with van der Waals surface area (Å²) in [6.07, 6.45) is 3.11. The summed E-state index contributed by atoms with van der Waals surface area (Å²) in [5.41, 5.74) is 0.640. The molecule has 0 saturated carbocycles. The van der Waals surface area contributed by atoms with Gasteiger partial charge in [-0.05, 0) is 18.2 Å². The van der Waals surface area contributed by atoms with E-state index in [1.807, 2.05) is 0 Å². The van der Waals surface area contributed by atoms with Crippen LogP contribution in [0.4, 0.5) is 0 Å². The lowest BCUT2D eigenvalue weighted by Gasteiger charge is -2.07. The fourth-order valence-electron chi connectivity index (χ4n) is 1.23. The average Bonchev–Trinajstić information content (AvgIpc) is 2.37. The summed E-state index contributed by atoms with van der Waals surface area (Å²) in [4.78, 5) is 21.6. The highest BCUT2D eigenvalue weighted by Gasteiger charge is 2.08. The Bertz CT molecular complexity index is 462. The van der Waals surface area contributed by atoms with Gasteiger partial charge >= 0.3 is 5.97 Å². The topological polar surface area (TPSA) is 72.8 Å². The summed E-state index contributed by atoms with van der Waals surface area (Å²) < 4.78 is 9.32. The van der Waals surface area contributed by atoms with Crippen LogP contribution in [-0.4, -0.2) is 31.6 Å². The molecule has 0 heterocycles. The Hall–Kier alpha value is -2.30. The lowest BCUT2D eigenvalue weighted by atomic mass is 10.1. The molecule has 5 nitrogen and oxygen atoms in total. The van der Waals surface area contributed by atoms with Crippen molar-refractivity contribution in [1.29, 1.82) is 0 Å². The number of aromatic hydroxyl groups is 1. The second kappa shape index (κ2) is 5.69. The van der Waals surface area contributed by atoms with Crippen LogP contribution in [-0.2, 0) is 9.53 Å². The van der Waals surface area contributed by atoms with Crippen molar-refractivity contribution in [2.24, 2.45) is 0 Å². The number of esters is 1. The minimum Gasteiger partial charge on any atom is -0.504 e. The van der Waals surface area contributed by atoms with Gasteiger partial charge in [0, 0.05) is 17.2 Å². The normalized spacial score (nSPS) is 10.2. The van der Waals surface area contributed by atoms with E-state index in [4.69, 9.17) is 4.74 Å². The van der Waals surface area contributed by atoms with E-state index in [-0.39, 0.29) is 11.5 Å². The van der Waals surface area contributed by atoms with Gasteiger partial charge < -0.3 is 14.6 Å². The summed E-state index contributed by atoms with van der Waals surface area (Å²) in [5.74, 6) is -0.530. The standard InChI is InChI=1S/C12H12O5/c1-16-10-6-8(7-13)5-9(12(10)15)3-4-11(14)17-2/h3-7,15H,1-2H3. The maximum absolute atomic E-state index is 10.9. The van der Waals surface area contributed by atoms with Crippen LogP contribution >= 0.6 is 0 Å². The van der Waals surface area contributed by atoms with Crippen LogP contribution in [0.25, 0.3) is 6.08 Å². The molecule has 0 aliphatic carbocycles. The summed E-state index contributed by atoms with van der Waals surface area (Å²) in [7, 11) is 2.62. The summed E-state index contributed by atoms with van der Waals surface area (Å²) in [5, 5.41) is 9.75. The van der Waals surface area contributed by atoms with E-state index in [2.05, 4.69) is 4.74 Å². The first kappa shape index (κ1) is 12.8. The van der Waals surface area contributed by atoms with Gasteiger partial charge in [-0.2, -0.15) is 0 Å². The van der Waals surface area contributed by atoms with Gasteiger partial charge in [-0.25, -0.2) is 4.79 Å². The molecule has 1 aromatic rings. The Morgan fingerprint density at radius 1 is 1.35 bits per heavy atom. The molecule has 0 amide bonds. The number of phenols is 1. The number of methoxy groups -OCH3 is 2. The Labute approximate surface area is 98.3 Å². The van der Waals surface area contributed by atoms with Crippen LogP contribution in [0.1, 0.15) is 15.9 Å². The maximum atomic E-state index is 10.9.